The number of amides is 1. The maximum atomic E-state index is 11.7. The highest BCUT2D eigenvalue weighted by Crippen LogP contribution is 2.35. The van der Waals surface area contributed by atoms with Crippen LogP contribution in [-0.4, -0.2) is 22.0 Å². The summed E-state index contributed by atoms with van der Waals surface area (Å²) in [5, 5.41) is 11.7. The van der Waals surface area contributed by atoms with Gasteiger partial charge in [0.1, 0.15) is 11.6 Å². The van der Waals surface area contributed by atoms with Crippen molar-refractivity contribution in [1.29, 1.82) is 5.26 Å². The summed E-state index contributed by atoms with van der Waals surface area (Å²) in [4.78, 5) is 15.8. The molecule has 1 fully saturated rings. The van der Waals surface area contributed by atoms with E-state index in [1.54, 1.807) is 18.6 Å². The quantitative estimate of drug-likeness (QED) is 0.632. The Hall–Kier alpha value is -2.09. The molecule has 1 N–H and O–H groups in total. The van der Waals surface area contributed by atoms with Gasteiger partial charge >= 0.3 is 0 Å². The number of aromatic nitrogens is 2. The van der Waals surface area contributed by atoms with Crippen molar-refractivity contribution in [2.75, 3.05) is 6.54 Å². The number of hydrogen-bond acceptors (Lipinski definition) is 3. The lowest BCUT2D eigenvalue weighted by atomic mass is 10.2. The van der Waals surface area contributed by atoms with Crippen LogP contribution in [0.5, 0.6) is 0 Å². The first-order chi connectivity index (χ1) is 8.76. The molecule has 0 atom stereocenters. The van der Waals surface area contributed by atoms with Crippen LogP contribution in [0, 0.1) is 11.3 Å². The molecule has 1 heterocycles. The van der Waals surface area contributed by atoms with Gasteiger partial charge in [-0.1, -0.05) is 6.92 Å². The van der Waals surface area contributed by atoms with E-state index in [4.69, 9.17) is 5.26 Å². The second-order valence-electron chi connectivity index (χ2n) is 4.38. The van der Waals surface area contributed by atoms with Crippen molar-refractivity contribution in [3.63, 3.8) is 0 Å². The molecule has 0 aromatic carbocycles. The SMILES string of the molecule is CCCNC(=O)/C(C#N)=C/c1cncn1C1CC1. The minimum absolute atomic E-state index is 0.130. The lowest BCUT2D eigenvalue weighted by molar-refractivity contribution is -0.117. The first-order valence-corrected chi connectivity index (χ1v) is 6.18. The summed E-state index contributed by atoms with van der Waals surface area (Å²) < 4.78 is 2.02. The van der Waals surface area contributed by atoms with Crippen LogP contribution in [-0.2, 0) is 4.79 Å². The maximum absolute atomic E-state index is 11.7. The number of carbonyl (C=O) groups excluding carboxylic acids is 1. The molecule has 18 heavy (non-hydrogen) atoms. The Morgan fingerprint density at radius 3 is 3.11 bits per heavy atom. The summed E-state index contributed by atoms with van der Waals surface area (Å²) in [6, 6.07) is 2.43. The molecule has 1 aromatic rings. The number of hydrogen-bond donors (Lipinski definition) is 1. The van der Waals surface area contributed by atoms with Gasteiger partial charge in [0, 0.05) is 12.6 Å². The summed E-state index contributed by atoms with van der Waals surface area (Å²) >= 11 is 0. The second kappa shape index (κ2) is 5.50. The van der Waals surface area contributed by atoms with Crippen LogP contribution in [0.2, 0.25) is 0 Å². The molecule has 0 unspecified atom stereocenters. The van der Waals surface area contributed by atoms with E-state index in [0.29, 0.717) is 12.6 Å². The summed E-state index contributed by atoms with van der Waals surface area (Å²) in [7, 11) is 0. The number of imidazole rings is 1. The van der Waals surface area contributed by atoms with Crippen molar-refractivity contribution in [1.82, 2.24) is 14.9 Å². The number of nitrogens with one attached hydrogen (secondary N) is 1. The molecule has 5 heteroatoms. The van der Waals surface area contributed by atoms with E-state index < -0.39 is 0 Å². The zero-order chi connectivity index (χ0) is 13.0. The number of nitrogens with zero attached hydrogens (tertiary/aromatic N) is 3. The third-order valence-electron chi connectivity index (χ3n) is 2.83. The average Bonchev–Trinajstić information content (AvgIpc) is 3.13. The van der Waals surface area contributed by atoms with Crippen LogP contribution in [0.3, 0.4) is 0 Å². The highest BCUT2D eigenvalue weighted by molar-refractivity contribution is 6.01. The second-order valence-corrected chi connectivity index (χ2v) is 4.38. The fraction of sp³-hybridized carbons (Fsp3) is 0.462. The fourth-order valence-electron chi connectivity index (χ4n) is 1.71. The minimum atomic E-state index is -0.317. The zero-order valence-electron chi connectivity index (χ0n) is 10.4. The monoisotopic (exact) mass is 244 g/mol. The molecule has 2 rings (SSSR count). The van der Waals surface area contributed by atoms with E-state index in [-0.39, 0.29) is 11.5 Å². The topological polar surface area (TPSA) is 70.7 Å². The molecule has 1 aliphatic rings. The molecule has 1 amide bonds. The van der Waals surface area contributed by atoms with Crippen LogP contribution in [0.15, 0.2) is 18.1 Å². The van der Waals surface area contributed by atoms with Gasteiger partial charge in [-0.15, -0.1) is 0 Å². The number of nitriles is 1. The third kappa shape index (κ3) is 2.77. The van der Waals surface area contributed by atoms with Crippen molar-refractivity contribution >= 4 is 12.0 Å². The van der Waals surface area contributed by atoms with Crippen LogP contribution >= 0.6 is 0 Å². The number of rotatable bonds is 5. The third-order valence-corrected chi connectivity index (χ3v) is 2.83. The molecule has 0 saturated heterocycles. The molecule has 0 radical (unpaired) electrons. The van der Waals surface area contributed by atoms with Crippen LogP contribution in [0.1, 0.15) is 37.9 Å². The Labute approximate surface area is 106 Å². The predicted molar refractivity (Wildman–Crippen MR) is 67.4 cm³/mol. The standard InChI is InChI=1S/C13H16N4O/c1-2-5-16-13(18)10(7-14)6-12-8-15-9-17(12)11-3-4-11/h6,8-9,11H,2-5H2,1H3,(H,16,18)/b10-6+. The molecule has 1 saturated carbocycles. The fourth-order valence-corrected chi connectivity index (χ4v) is 1.71. The Kier molecular flexibility index (Phi) is 3.78. The summed E-state index contributed by atoms with van der Waals surface area (Å²) in [6.45, 7) is 2.55. The van der Waals surface area contributed by atoms with E-state index in [2.05, 4.69) is 10.3 Å². The van der Waals surface area contributed by atoms with Crippen molar-refractivity contribution in [3.05, 3.63) is 23.8 Å². The lowest BCUT2D eigenvalue weighted by Gasteiger charge is -2.04. The normalized spacial score (nSPS) is 15.2. The zero-order valence-corrected chi connectivity index (χ0v) is 10.4. The molecule has 0 bridgehead atoms. The molecule has 1 aliphatic carbocycles. The highest BCUT2D eigenvalue weighted by Gasteiger charge is 2.25. The largest absolute Gasteiger partial charge is 0.351 e. The Balaban J connectivity index is 2.16. The first kappa shape index (κ1) is 12.4. The average molecular weight is 244 g/mol. The van der Waals surface area contributed by atoms with Crippen molar-refractivity contribution < 1.29 is 4.79 Å². The van der Waals surface area contributed by atoms with Gasteiger partial charge < -0.3 is 9.88 Å². The van der Waals surface area contributed by atoms with Crippen LogP contribution in [0.4, 0.5) is 0 Å². The first-order valence-electron chi connectivity index (χ1n) is 6.18. The van der Waals surface area contributed by atoms with Gasteiger partial charge in [0.05, 0.1) is 18.2 Å². The Morgan fingerprint density at radius 2 is 2.50 bits per heavy atom. The van der Waals surface area contributed by atoms with E-state index in [9.17, 15) is 4.79 Å². The minimum Gasteiger partial charge on any atom is -0.351 e. The number of carbonyl (C=O) groups is 1. The molecule has 0 spiro atoms. The van der Waals surface area contributed by atoms with Crippen LogP contribution in [0.25, 0.3) is 6.08 Å². The molecule has 5 nitrogen and oxygen atoms in total. The van der Waals surface area contributed by atoms with E-state index >= 15 is 0 Å². The Morgan fingerprint density at radius 1 is 1.72 bits per heavy atom. The molecule has 94 valence electrons. The molecular weight excluding hydrogens is 228 g/mol. The van der Waals surface area contributed by atoms with Gasteiger partial charge in [0.15, 0.2) is 0 Å². The molecule has 1 aromatic heterocycles. The predicted octanol–water partition coefficient (Wildman–Crippen LogP) is 1.65. The van der Waals surface area contributed by atoms with Crippen LogP contribution < -0.4 is 5.32 Å². The van der Waals surface area contributed by atoms with E-state index in [0.717, 1.165) is 25.0 Å². The van der Waals surface area contributed by atoms with Gasteiger partial charge in [0.25, 0.3) is 5.91 Å². The van der Waals surface area contributed by atoms with E-state index in [1.165, 1.54) is 0 Å². The summed E-state index contributed by atoms with van der Waals surface area (Å²) in [5.74, 6) is -0.317. The van der Waals surface area contributed by atoms with Gasteiger partial charge in [-0.05, 0) is 25.3 Å². The van der Waals surface area contributed by atoms with Gasteiger partial charge in [-0.3, -0.25) is 4.79 Å². The van der Waals surface area contributed by atoms with Gasteiger partial charge in [0.2, 0.25) is 0 Å². The van der Waals surface area contributed by atoms with Gasteiger partial charge in [-0.2, -0.15) is 5.26 Å². The van der Waals surface area contributed by atoms with Crippen molar-refractivity contribution in [2.45, 2.75) is 32.2 Å². The van der Waals surface area contributed by atoms with Crippen molar-refractivity contribution in [2.24, 2.45) is 0 Å². The summed E-state index contributed by atoms with van der Waals surface area (Å²) in [6.07, 6.45) is 8.17. The molecule has 0 aliphatic heterocycles. The highest BCUT2D eigenvalue weighted by atomic mass is 16.1. The summed E-state index contributed by atoms with van der Waals surface area (Å²) in [5.41, 5.74) is 0.951. The maximum Gasteiger partial charge on any atom is 0.262 e. The van der Waals surface area contributed by atoms with E-state index in [1.807, 2.05) is 17.6 Å². The van der Waals surface area contributed by atoms with Crippen molar-refractivity contribution in [3.8, 4) is 6.07 Å². The lowest BCUT2D eigenvalue weighted by Crippen LogP contribution is -2.25. The van der Waals surface area contributed by atoms with Gasteiger partial charge in [-0.25, -0.2) is 4.98 Å². The smallest absolute Gasteiger partial charge is 0.262 e. The Bertz CT molecular complexity index is 505. The molecular formula is C13H16N4O.